The first kappa shape index (κ1) is 34.9. The highest BCUT2D eigenvalue weighted by Gasteiger charge is 2.37. The highest BCUT2D eigenvalue weighted by molar-refractivity contribution is 7.90. The van der Waals surface area contributed by atoms with Crippen LogP contribution in [-0.2, 0) is 40.9 Å². The first-order chi connectivity index (χ1) is 24.5. The molecule has 0 saturated carbocycles. The van der Waals surface area contributed by atoms with E-state index in [0.29, 0.717) is 61.7 Å². The van der Waals surface area contributed by atoms with Crippen LogP contribution < -0.4 is 10.0 Å². The molecule has 0 unspecified atom stereocenters. The van der Waals surface area contributed by atoms with E-state index in [4.69, 9.17) is 10.5 Å². The predicted molar refractivity (Wildman–Crippen MR) is 198 cm³/mol. The fraction of sp³-hybridized carbons (Fsp3) is 0.385. The van der Waals surface area contributed by atoms with Crippen LogP contribution in [0.4, 0.5) is 10.5 Å². The van der Waals surface area contributed by atoms with Gasteiger partial charge in [-0.2, -0.15) is 12.7 Å². The van der Waals surface area contributed by atoms with E-state index in [-0.39, 0.29) is 25.0 Å². The number of hydrogen-bond donors (Lipinski definition) is 1. The van der Waals surface area contributed by atoms with Gasteiger partial charge in [0.15, 0.2) is 0 Å². The van der Waals surface area contributed by atoms with Crippen molar-refractivity contribution >= 4 is 27.8 Å². The summed E-state index contributed by atoms with van der Waals surface area (Å²) in [6.45, 7) is 10.2. The lowest BCUT2D eigenvalue weighted by atomic mass is 9.89. The Balaban J connectivity index is 1.34. The van der Waals surface area contributed by atoms with Gasteiger partial charge in [0.05, 0.1) is 24.6 Å². The number of carbonyl (C=O) groups is 2. The molecular weight excluding hydrogens is 665 g/mol. The van der Waals surface area contributed by atoms with Crippen LogP contribution in [0.1, 0.15) is 49.4 Å². The Morgan fingerprint density at radius 2 is 1.55 bits per heavy atom. The van der Waals surface area contributed by atoms with Crippen molar-refractivity contribution in [2.24, 2.45) is 5.73 Å². The summed E-state index contributed by atoms with van der Waals surface area (Å²) in [7, 11) is -2.31. The van der Waals surface area contributed by atoms with Crippen LogP contribution in [0.25, 0.3) is 11.3 Å². The highest BCUT2D eigenvalue weighted by atomic mass is 32.2. The maximum Gasteiger partial charge on any atom is 0.323 e. The zero-order valence-electron chi connectivity index (χ0n) is 29.8. The SMILES string of the molecule is Cc1c(C)c(-c2cc3c(cc2C(=O)N2Cc4ccccc4C[C@H]2CN2CCOCC2)CN(S(=O)(=O)N(C)c2ccccc2)CC3)n(C(N)=O)c1C. The number of nitrogens with two attached hydrogens (primary N) is 1. The second-order valence-electron chi connectivity index (χ2n) is 13.9. The molecule has 1 fully saturated rings. The van der Waals surface area contributed by atoms with Crippen LogP contribution in [0.3, 0.4) is 0 Å². The fourth-order valence-electron chi connectivity index (χ4n) is 7.87. The molecule has 1 atom stereocenters. The molecule has 0 bridgehead atoms. The Morgan fingerprint density at radius 1 is 0.863 bits per heavy atom. The number of benzene rings is 3. The van der Waals surface area contributed by atoms with Gasteiger partial charge in [0, 0.05) is 69.2 Å². The van der Waals surface area contributed by atoms with Gasteiger partial charge in [-0.3, -0.25) is 18.6 Å². The number of morpholine rings is 1. The maximum absolute atomic E-state index is 15.2. The first-order valence-electron chi connectivity index (χ1n) is 17.6. The Morgan fingerprint density at radius 3 is 2.25 bits per heavy atom. The molecule has 51 heavy (non-hydrogen) atoms. The Bertz CT molecular complexity index is 2090. The van der Waals surface area contributed by atoms with E-state index in [0.717, 1.165) is 46.6 Å². The van der Waals surface area contributed by atoms with E-state index >= 15 is 4.79 Å². The van der Waals surface area contributed by atoms with Crippen molar-refractivity contribution in [2.75, 3.05) is 50.7 Å². The molecule has 4 aromatic rings. The third-order valence-electron chi connectivity index (χ3n) is 11.0. The van der Waals surface area contributed by atoms with Gasteiger partial charge in [-0.05, 0) is 91.3 Å². The molecule has 268 valence electrons. The van der Waals surface area contributed by atoms with Gasteiger partial charge in [-0.15, -0.1) is 0 Å². The normalized spacial score (nSPS) is 18.3. The second kappa shape index (κ2) is 13.9. The maximum atomic E-state index is 15.2. The molecule has 3 aromatic carbocycles. The number of hydrogen-bond acceptors (Lipinski definition) is 6. The molecule has 0 aliphatic carbocycles. The number of primary amides is 1. The van der Waals surface area contributed by atoms with Gasteiger partial charge in [0.1, 0.15) is 0 Å². The molecule has 3 aliphatic rings. The van der Waals surface area contributed by atoms with E-state index in [9.17, 15) is 13.2 Å². The van der Waals surface area contributed by atoms with E-state index in [1.54, 1.807) is 19.2 Å². The zero-order valence-corrected chi connectivity index (χ0v) is 30.6. The van der Waals surface area contributed by atoms with E-state index in [1.807, 2.05) is 68.1 Å². The van der Waals surface area contributed by atoms with Crippen LogP contribution in [0.15, 0.2) is 66.7 Å². The van der Waals surface area contributed by atoms with Crippen molar-refractivity contribution < 1.29 is 22.7 Å². The van der Waals surface area contributed by atoms with Gasteiger partial charge in [0.2, 0.25) is 0 Å². The number of rotatable bonds is 7. The lowest BCUT2D eigenvalue weighted by Crippen LogP contribution is -2.52. The summed E-state index contributed by atoms with van der Waals surface area (Å²) in [5.41, 5.74) is 14.8. The van der Waals surface area contributed by atoms with Crippen LogP contribution in [0.2, 0.25) is 0 Å². The van der Waals surface area contributed by atoms with Crippen molar-refractivity contribution in [3.05, 3.63) is 111 Å². The van der Waals surface area contributed by atoms with Crippen molar-refractivity contribution in [2.45, 2.75) is 52.7 Å². The standard InChI is InChI=1S/C39H46N6O5S/c1-26-27(2)37(45(28(26)3)39(40)47)35-21-30-14-15-43(51(48,49)41(4)33-12-6-5-7-13-33)23-32(30)22-36(35)38(46)44-24-31-11-9-8-10-29(31)20-34(44)25-42-16-18-50-19-17-42/h5-13,21-22,34H,14-20,23-25H2,1-4H3,(H2,40,47)/t34-/m0/s1. The zero-order chi connectivity index (χ0) is 36.0. The smallest absolute Gasteiger partial charge is 0.323 e. The van der Waals surface area contributed by atoms with Gasteiger partial charge in [-0.1, -0.05) is 42.5 Å². The number of carbonyl (C=O) groups excluding carboxylic acids is 2. The van der Waals surface area contributed by atoms with Crippen molar-refractivity contribution in [1.29, 1.82) is 0 Å². The molecule has 2 N–H and O–H groups in total. The minimum Gasteiger partial charge on any atom is -0.379 e. The van der Waals surface area contributed by atoms with Crippen LogP contribution in [0, 0.1) is 20.8 Å². The summed E-state index contributed by atoms with van der Waals surface area (Å²) in [5, 5.41) is 0. The number of ether oxygens (including phenoxy) is 1. The molecule has 0 radical (unpaired) electrons. The number of amides is 2. The Labute approximate surface area is 300 Å². The monoisotopic (exact) mass is 710 g/mol. The largest absolute Gasteiger partial charge is 0.379 e. The lowest BCUT2D eigenvalue weighted by Gasteiger charge is -2.41. The molecule has 7 rings (SSSR count). The van der Waals surface area contributed by atoms with Crippen LogP contribution >= 0.6 is 0 Å². The number of fused-ring (bicyclic) bond motifs is 2. The minimum absolute atomic E-state index is 0.0988. The van der Waals surface area contributed by atoms with Crippen molar-refractivity contribution in [3.63, 3.8) is 0 Å². The number of aromatic nitrogens is 1. The molecular formula is C39H46N6O5S. The molecule has 11 nitrogen and oxygen atoms in total. The van der Waals surface area contributed by atoms with Crippen molar-refractivity contribution in [3.8, 4) is 11.3 Å². The Hall–Kier alpha value is -4.49. The van der Waals surface area contributed by atoms with E-state index in [2.05, 4.69) is 17.0 Å². The third-order valence-corrected chi connectivity index (χ3v) is 12.9. The highest BCUT2D eigenvalue weighted by Crippen LogP contribution is 2.38. The van der Waals surface area contributed by atoms with Crippen LogP contribution in [0.5, 0.6) is 0 Å². The summed E-state index contributed by atoms with van der Waals surface area (Å²) in [6, 6.07) is 20.4. The minimum atomic E-state index is -3.87. The lowest BCUT2D eigenvalue weighted by molar-refractivity contribution is 0.0193. The van der Waals surface area contributed by atoms with Gasteiger partial charge in [-0.25, -0.2) is 4.79 Å². The van der Waals surface area contributed by atoms with Gasteiger partial charge >= 0.3 is 16.2 Å². The van der Waals surface area contributed by atoms with E-state index < -0.39 is 16.2 Å². The van der Waals surface area contributed by atoms with Crippen molar-refractivity contribution in [1.82, 2.24) is 18.7 Å². The summed E-state index contributed by atoms with van der Waals surface area (Å²) < 4.78 is 37.7. The fourth-order valence-corrected chi connectivity index (χ4v) is 9.23. The number of anilines is 1. The average Bonchev–Trinajstić information content (AvgIpc) is 3.37. The summed E-state index contributed by atoms with van der Waals surface area (Å²) in [6.07, 6.45) is 1.16. The topological polar surface area (TPSA) is 121 Å². The molecule has 3 aliphatic heterocycles. The van der Waals surface area contributed by atoms with Gasteiger partial charge < -0.3 is 15.4 Å². The molecule has 12 heteroatoms. The summed E-state index contributed by atoms with van der Waals surface area (Å²) >= 11 is 0. The first-order valence-corrected chi connectivity index (χ1v) is 19.0. The molecule has 1 aromatic heterocycles. The molecule has 2 amide bonds. The molecule has 4 heterocycles. The quantitative estimate of drug-likeness (QED) is 0.298. The number of nitrogens with zero attached hydrogens (tertiary/aromatic N) is 5. The molecule has 1 saturated heterocycles. The Kier molecular flexibility index (Phi) is 9.53. The second-order valence-corrected chi connectivity index (χ2v) is 15.9. The average molecular weight is 711 g/mol. The van der Waals surface area contributed by atoms with E-state index in [1.165, 1.54) is 18.7 Å². The summed E-state index contributed by atoms with van der Waals surface area (Å²) in [5.74, 6) is -0.158. The third kappa shape index (κ3) is 6.46. The van der Waals surface area contributed by atoms with Gasteiger partial charge in [0.25, 0.3) is 5.91 Å². The molecule has 0 spiro atoms. The summed E-state index contributed by atoms with van der Waals surface area (Å²) in [4.78, 5) is 32.5. The predicted octanol–water partition coefficient (Wildman–Crippen LogP) is 4.65. The number of para-hydroxylation sites is 1. The van der Waals surface area contributed by atoms with Crippen LogP contribution in [-0.4, -0.2) is 91.5 Å².